The van der Waals surface area contributed by atoms with Crippen molar-refractivity contribution in [3.05, 3.63) is 34.0 Å². The number of H-pyrrole nitrogens is 1. The van der Waals surface area contributed by atoms with Gasteiger partial charge in [0.1, 0.15) is 11.6 Å². The summed E-state index contributed by atoms with van der Waals surface area (Å²) in [5, 5.41) is 8.59. The number of benzene rings is 1. The average molecular weight is 191 g/mol. The first-order valence-corrected chi connectivity index (χ1v) is 3.92. The van der Waals surface area contributed by atoms with E-state index in [4.69, 9.17) is 5.26 Å². The second-order valence-corrected chi connectivity index (χ2v) is 2.92. The number of aryl methyl sites for hydroxylation is 1. The number of halogens is 1. The minimum atomic E-state index is -0.661. The van der Waals surface area contributed by atoms with Crippen molar-refractivity contribution in [1.29, 1.82) is 5.26 Å². The fourth-order valence-electron chi connectivity index (χ4n) is 1.38. The number of fused-ring (bicyclic) bond motifs is 1. The Bertz CT molecular complexity index is 603. The maximum atomic E-state index is 13.5. The number of rotatable bonds is 0. The van der Waals surface area contributed by atoms with E-state index in [1.54, 1.807) is 6.07 Å². The Morgan fingerprint density at radius 3 is 2.93 bits per heavy atom. The molecule has 0 fully saturated rings. The Kier molecular flexibility index (Phi) is 1.64. The molecular weight excluding hydrogens is 185 g/mol. The van der Waals surface area contributed by atoms with Gasteiger partial charge in [0.05, 0.1) is 11.1 Å². The highest BCUT2D eigenvalue weighted by molar-refractivity contribution is 5.77. The highest BCUT2D eigenvalue weighted by Gasteiger charge is 2.11. The number of nitriles is 1. The van der Waals surface area contributed by atoms with Gasteiger partial charge in [-0.3, -0.25) is 4.57 Å². The van der Waals surface area contributed by atoms with Crippen molar-refractivity contribution in [2.24, 2.45) is 7.05 Å². The number of aromatic nitrogens is 2. The van der Waals surface area contributed by atoms with Gasteiger partial charge in [-0.1, -0.05) is 0 Å². The van der Waals surface area contributed by atoms with Crippen LogP contribution in [0, 0.1) is 17.1 Å². The van der Waals surface area contributed by atoms with E-state index < -0.39 is 11.5 Å². The summed E-state index contributed by atoms with van der Waals surface area (Å²) in [5.74, 6) is -0.661. The SMILES string of the molecule is Cn1c(=O)[nH]c2ccc(C#N)c(F)c21. The molecule has 0 aliphatic heterocycles. The normalized spacial score (nSPS) is 10.4. The van der Waals surface area contributed by atoms with E-state index in [1.165, 1.54) is 19.2 Å². The lowest BCUT2D eigenvalue weighted by Crippen LogP contribution is -2.12. The Hall–Kier alpha value is -2.09. The van der Waals surface area contributed by atoms with E-state index in [0.717, 1.165) is 4.57 Å². The molecule has 0 aliphatic carbocycles. The molecule has 1 aromatic heterocycles. The molecule has 0 atom stereocenters. The summed E-state index contributed by atoms with van der Waals surface area (Å²) in [4.78, 5) is 13.6. The third-order valence-corrected chi connectivity index (χ3v) is 2.12. The van der Waals surface area contributed by atoms with Gasteiger partial charge in [-0.15, -0.1) is 0 Å². The van der Waals surface area contributed by atoms with Gasteiger partial charge < -0.3 is 4.98 Å². The molecule has 0 unspecified atom stereocenters. The highest BCUT2D eigenvalue weighted by atomic mass is 19.1. The van der Waals surface area contributed by atoms with Gasteiger partial charge in [0.2, 0.25) is 0 Å². The van der Waals surface area contributed by atoms with Crippen LogP contribution in [0.5, 0.6) is 0 Å². The van der Waals surface area contributed by atoms with Crippen LogP contribution in [0.1, 0.15) is 5.56 Å². The summed E-state index contributed by atoms with van der Waals surface area (Å²) in [7, 11) is 1.45. The molecule has 0 spiro atoms. The van der Waals surface area contributed by atoms with Crippen molar-refractivity contribution in [2.45, 2.75) is 0 Å². The predicted octanol–water partition coefficient (Wildman–Crippen LogP) is 0.877. The standard InChI is InChI=1S/C9H6FN3O/c1-13-8-6(12-9(13)14)3-2-5(4-11)7(8)10/h2-3H,1H3,(H,12,14). The zero-order valence-electron chi connectivity index (χ0n) is 7.34. The van der Waals surface area contributed by atoms with E-state index in [9.17, 15) is 9.18 Å². The van der Waals surface area contributed by atoms with E-state index >= 15 is 0 Å². The molecule has 70 valence electrons. The zero-order chi connectivity index (χ0) is 10.3. The van der Waals surface area contributed by atoms with Crippen LogP contribution >= 0.6 is 0 Å². The van der Waals surface area contributed by atoms with Gasteiger partial charge in [0.15, 0.2) is 5.82 Å². The first kappa shape index (κ1) is 8.51. The topological polar surface area (TPSA) is 61.6 Å². The molecule has 2 aromatic rings. The molecule has 4 nitrogen and oxygen atoms in total. The van der Waals surface area contributed by atoms with Crippen molar-refractivity contribution in [1.82, 2.24) is 9.55 Å². The maximum absolute atomic E-state index is 13.5. The lowest BCUT2D eigenvalue weighted by atomic mass is 10.2. The van der Waals surface area contributed by atoms with E-state index in [0.29, 0.717) is 5.52 Å². The molecule has 0 saturated heterocycles. The fraction of sp³-hybridized carbons (Fsp3) is 0.111. The second kappa shape index (κ2) is 2.70. The van der Waals surface area contributed by atoms with Crippen molar-refractivity contribution in [3.63, 3.8) is 0 Å². The largest absolute Gasteiger partial charge is 0.326 e. The number of nitrogens with one attached hydrogen (secondary N) is 1. The number of hydrogen-bond donors (Lipinski definition) is 1. The molecule has 1 aromatic carbocycles. The summed E-state index contributed by atoms with van der Waals surface area (Å²) in [5.41, 5.74) is 0.0733. The highest BCUT2D eigenvalue weighted by Crippen LogP contribution is 2.17. The lowest BCUT2D eigenvalue weighted by Gasteiger charge is -1.97. The Balaban J connectivity index is 3.03. The van der Waals surface area contributed by atoms with Gasteiger partial charge in [-0.05, 0) is 12.1 Å². The quantitative estimate of drug-likeness (QED) is 0.671. The first-order chi connectivity index (χ1) is 6.65. The van der Waals surface area contributed by atoms with Crippen LogP contribution in [-0.4, -0.2) is 9.55 Å². The van der Waals surface area contributed by atoms with E-state index in [2.05, 4.69) is 4.98 Å². The fourth-order valence-corrected chi connectivity index (χ4v) is 1.38. The summed E-state index contributed by atoms with van der Waals surface area (Å²) in [6.45, 7) is 0. The summed E-state index contributed by atoms with van der Waals surface area (Å²) >= 11 is 0. The summed E-state index contributed by atoms with van der Waals surface area (Å²) in [6.07, 6.45) is 0. The third kappa shape index (κ3) is 0.941. The molecule has 0 bridgehead atoms. The van der Waals surface area contributed by atoms with Gasteiger partial charge in [-0.25, -0.2) is 9.18 Å². The van der Waals surface area contributed by atoms with Crippen LogP contribution in [0.3, 0.4) is 0 Å². The van der Waals surface area contributed by atoms with Crippen LogP contribution < -0.4 is 5.69 Å². The summed E-state index contributed by atoms with van der Waals surface area (Å²) < 4.78 is 14.7. The monoisotopic (exact) mass is 191 g/mol. The van der Waals surface area contributed by atoms with Crippen molar-refractivity contribution in [3.8, 4) is 6.07 Å². The van der Waals surface area contributed by atoms with Gasteiger partial charge in [0, 0.05) is 7.05 Å². The molecule has 14 heavy (non-hydrogen) atoms. The van der Waals surface area contributed by atoms with Crippen LogP contribution in [0.2, 0.25) is 0 Å². The van der Waals surface area contributed by atoms with Gasteiger partial charge >= 0.3 is 5.69 Å². The Labute approximate surface area is 78.2 Å². The summed E-state index contributed by atoms with van der Waals surface area (Å²) in [6, 6.07) is 4.57. The molecule has 2 rings (SSSR count). The molecule has 0 saturated carbocycles. The van der Waals surface area contributed by atoms with Crippen molar-refractivity contribution < 1.29 is 4.39 Å². The van der Waals surface area contributed by atoms with Crippen LogP contribution in [-0.2, 0) is 7.05 Å². The smallest absolute Gasteiger partial charge is 0.305 e. The maximum Gasteiger partial charge on any atom is 0.326 e. The van der Waals surface area contributed by atoms with Crippen molar-refractivity contribution >= 4 is 11.0 Å². The Morgan fingerprint density at radius 2 is 2.29 bits per heavy atom. The molecule has 0 radical (unpaired) electrons. The van der Waals surface area contributed by atoms with Crippen molar-refractivity contribution in [2.75, 3.05) is 0 Å². The average Bonchev–Trinajstić information content (AvgIpc) is 2.44. The molecule has 0 amide bonds. The van der Waals surface area contributed by atoms with E-state index in [-0.39, 0.29) is 11.1 Å². The van der Waals surface area contributed by atoms with Crippen LogP contribution in [0.25, 0.3) is 11.0 Å². The van der Waals surface area contributed by atoms with Crippen LogP contribution in [0.15, 0.2) is 16.9 Å². The molecule has 1 heterocycles. The number of imidazole rings is 1. The second-order valence-electron chi connectivity index (χ2n) is 2.92. The number of aromatic amines is 1. The third-order valence-electron chi connectivity index (χ3n) is 2.12. The predicted molar refractivity (Wildman–Crippen MR) is 48.2 cm³/mol. The molecule has 0 aliphatic rings. The molecule has 1 N–H and O–H groups in total. The van der Waals surface area contributed by atoms with E-state index in [1.807, 2.05) is 0 Å². The zero-order valence-corrected chi connectivity index (χ0v) is 7.34. The minimum Gasteiger partial charge on any atom is -0.305 e. The van der Waals surface area contributed by atoms with Crippen LogP contribution in [0.4, 0.5) is 4.39 Å². The number of hydrogen-bond acceptors (Lipinski definition) is 2. The van der Waals surface area contributed by atoms with Gasteiger partial charge in [-0.2, -0.15) is 5.26 Å². The molecular formula is C9H6FN3O. The lowest BCUT2D eigenvalue weighted by molar-refractivity contribution is 0.627. The minimum absolute atomic E-state index is 0.0629. The number of nitrogens with zero attached hydrogens (tertiary/aromatic N) is 2. The Morgan fingerprint density at radius 1 is 1.57 bits per heavy atom. The first-order valence-electron chi connectivity index (χ1n) is 3.92. The van der Waals surface area contributed by atoms with Gasteiger partial charge in [0.25, 0.3) is 0 Å². The molecule has 5 heteroatoms.